The van der Waals surface area contributed by atoms with E-state index in [1.165, 1.54) is 0 Å². The molecule has 0 aliphatic heterocycles. The van der Waals surface area contributed by atoms with Crippen LogP contribution >= 0.6 is 23.2 Å². The normalized spacial score (nSPS) is 13.1. The van der Waals surface area contributed by atoms with Crippen molar-refractivity contribution in [3.63, 3.8) is 0 Å². The van der Waals surface area contributed by atoms with Crippen LogP contribution in [0, 0.1) is 5.92 Å². The second-order valence-corrected chi connectivity index (χ2v) is 11.9. The van der Waals surface area contributed by atoms with Gasteiger partial charge in [-0.1, -0.05) is 13.8 Å². The van der Waals surface area contributed by atoms with Crippen LogP contribution in [0.2, 0.25) is 0 Å². The maximum atomic E-state index is 13.4. The summed E-state index contributed by atoms with van der Waals surface area (Å²) in [6, 6.07) is 0.108. The van der Waals surface area contributed by atoms with Gasteiger partial charge in [0, 0.05) is 38.3 Å². The SMILES string of the molecule is CCOC(=O)C(CC(C)C)NC(=O)C(CCc1nc2cc(N(CCCl)CCCl)cnc2n1C)NC(=O)OC(C)(C)C. The van der Waals surface area contributed by atoms with Crippen molar-refractivity contribution in [3.05, 3.63) is 18.1 Å². The molecular formula is C28H44Cl2N6O5. The Morgan fingerprint density at radius 3 is 2.32 bits per heavy atom. The van der Waals surface area contributed by atoms with Crippen LogP contribution in [0.3, 0.4) is 0 Å². The predicted octanol–water partition coefficient (Wildman–Crippen LogP) is 4.17. The summed E-state index contributed by atoms with van der Waals surface area (Å²) in [6.07, 6.45) is 1.97. The van der Waals surface area contributed by atoms with Gasteiger partial charge in [-0.2, -0.15) is 0 Å². The number of carbonyl (C=O) groups excluding carboxylic acids is 3. The number of pyridine rings is 1. The predicted molar refractivity (Wildman–Crippen MR) is 162 cm³/mol. The van der Waals surface area contributed by atoms with E-state index in [0.29, 0.717) is 54.7 Å². The number of carbonyl (C=O) groups is 3. The molecule has 2 rings (SSSR count). The van der Waals surface area contributed by atoms with Crippen molar-refractivity contribution in [2.45, 2.75) is 78.5 Å². The van der Waals surface area contributed by atoms with Gasteiger partial charge in [0.1, 0.15) is 29.0 Å². The van der Waals surface area contributed by atoms with Crippen molar-refractivity contribution in [2.75, 3.05) is 36.4 Å². The molecule has 2 heterocycles. The number of fused-ring (bicyclic) bond motifs is 1. The number of aromatic nitrogens is 3. The zero-order valence-electron chi connectivity index (χ0n) is 25.1. The summed E-state index contributed by atoms with van der Waals surface area (Å²) in [6.45, 7) is 12.3. The minimum atomic E-state index is -0.986. The molecule has 11 nitrogen and oxygen atoms in total. The van der Waals surface area contributed by atoms with E-state index >= 15 is 0 Å². The van der Waals surface area contributed by atoms with Crippen LogP contribution in [0.25, 0.3) is 11.2 Å². The molecule has 2 aromatic rings. The molecule has 0 aliphatic rings. The highest BCUT2D eigenvalue weighted by Gasteiger charge is 2.30. The third kappa shape index (κ3) is 10.8. The number of anilines is 1. The van der Waals surface area contributed by atoms with Gasteiger partial charge in [0.15, 0.2) is 5.65 Å². The maximum absolute atomic E-state index is 13.4. The first-order chi connectivity index (χ1) is 19.3. The van der Waals surface area contributed by atoms with Crippen LogP contribution < -0.4 is 15.5 Å². The second-order valence-electron chi connectivity index (χ2n) is 11.2. The van der Waals surface area contributed by atoms with Gasteiger partial charge in [0.25, 0.3) is 0 Å². The first kappa shape index (κ1) is 34.4. The average molecular weight is 616 g/mol. The van der Waals surface area contributed by atoms with E-state index in [0.717, 1.165) is 5.69 Å². The molecule has 0 spiro atoms. The molecule has 2 unspecified atom stereocenters. The Kier molecular flexibility index (Phi) is 13.4. The van der Waals surface area contributed by atoms with Gasteiger partial charge in [-0.15, -0.1) is 23.2 Å². The summed E-state index contributed by atoms with van der Waals surface area (Å²) in [5, 5.41) is 5.44. The number of nitrogens with one attached hydrogen (secondary N) is 2. The molecule has 2 amide bonds. The summed E-state index contributed by atoms with van der Waals surface area (Å²) in [5.74, 6) is 0.685. The molecule has 0 bridgehead atoms. The zero-order valence-corrected chi connectivity index (χ0v) is 26.6. The van der Waals surface area contributed by atoms with Crippen molar-refractivity contribution < 1.29 is 23.9 Å². The molecule has 0 aromatic carbocycles. The smallest absolute Gasteiger partial charge is 0.408 e. The molecule has 0 saturated carbocycles. The standard InChI is InChI=1S/C28H44Cl2N6O5/c1-8-40-26(38)22(15-18(2)3)33-25(37)20(34-27(39)41-28(4,5)6)9-10-23-32-21-16-19(17-31-24(21)35(23)7)36(13-11-29)14-12-30/h16-18,20,22H,8-15H2,1-7H3,(H,33,37)(H,34,39). The van der Waals surface area contributed by atoms with Crippen LogP contribution in [0.5, 0.6) is 0 Å². The first-order valence-corrected chi connectivity index (χ1v) is 15.0. The van der Waals surface area contributed by atoms with Crippen LogP contribution in [0.15, 0.2) is 12.3 Å². The number of imidazole rings is 1. The fourth-order valence-electron chi connectivity index (χ4n) is 4.28. The number of rotatable bonds is 15. The van der Waals surface area contributed by atoms with Gasteiger partial charge in [0.05, 0.1) is 18.5 Å². The van der Waals surface area contributed by atoms with Crippen molar-refractivity contribution in [1.82, 2.24) is 25.2 Å². The van der Waals surface area contributed by atoms with Gasteiger partial charge in [-0.3, -0.25) is 4.79 Å². The number of alkyl halides is 2. The van der Waals surface area contributed by atoms with Crippen LogP contribution in [-0.4, -0.2) is 81.6 Å². The maximum Gasteiger partial charge on any atom is 0.408 e. The Labute approximate surface area is 252 Å². The van der Waals surface area contributed by atoms with Crippen molar-refractivity contribution >= 4 is 58.0 Å². The highest BCUT2D eigenvalue weighted by molar-refractivity contribution is 6.18. The number of esters is 1. The molecule has 2 aromatic heterocycles. The first-order valence-electron chi connectivity index (χ1n) is 13.9. The molecule has 2 atom stereocenters. The highest BCUT2D eigenvalue weighted by Crippen LogP contribution is 2.21. The van der Waals surface area contributed by atoms with E-state index in [2.05, 4.69) is 15.6 Å². The Hall–Kier alpha value is -2.79. The lowest BCUT2D eigenvalue weighted by atomic mass is 10.0. The van der Waals surface area contributed by atoms with Crippen molar-refractivity contribution in [3.8, 4) is 0 Å². The lowest BCUT2D eigenvalue weighted by Gasteiger charge is -2.25. The molecule has 2 N–H and O–H groups in total. The average Bonchev–Trinajstić information content (AvgIpc) is 3.19. The minimum Gasteiger partial charge on any atom is -0.464 e. The van der Waals surface area contributed by atoms with Gasteiger partial charge in [-0.05, 0) is 52.5 Å². The fraction of sp³-hybridized carbons (Fsp3) is 0.679. The third-order valence-electron chi connectivity index (χ3n) is 6.12. The number of aryl methyl sites for hydroxylation is 2. The molecule has 0 saturated heterocycles. The number of hydrogen-bond donors (Lipinski definition) is 2. The quantitative estimate of drug-likeness (QED) is 0.226. The Morgan fingerprint density at radius 2 is 1.76 bits per heavy atom. The van der Waals surface area contributed by atoms with E-state index in [9.17, 15) is 14.4 Å². The van der Waals surface area contributed by atoms with E-state index < -0.39 is 35.7 Å². The van der Waals surface area contributed by atoms with Gasteiger partial charge in [0.2, 0.25) is 5.91 Å². The van der Waals surface area contributed by atoms with Crippen molar-refractivity contribution in [1.29, 1.82) is 0 Å². The summed E-state index contributed by atoms with van der Waals surface area (Å²) >= 11 is 11.9. The van der Waals surface area contributed by atoms with Crippen LogP contribution in [-0.2, 0) is 32.5 Å². The third-order valence-corrected chi connectivity index (χ3v) is 6.46. The lowest BCUT2D eigenvalue weighted by Crippen LogP contribution is -2.53. The second kappa shape index (κ2) is 16.0. The molecule has 230 valence electrons. The Bertz CT molecular complexity index is 1160. The fourth-order valence-corrected chi connectivity index (χ4v) is 4.68. The summed E-state index contributed by atoms with van der Waals surface area (Å²) in [7, 11) is 1.85. The topological polar surface area (TPSA) is 128 Å². The van der Waals surface area contributed by atoms with Crippen LogP contribution in [0.1, 0.15) is 60.2 Å². The van der Waals surface area contributed by atoms with Gasteiger partial charge >= 0.3 is 12.1 Å². The van der Waals surface area contributed by atoms with E-state index in [1.807, 2.05) is 36.4 Å². The molecule has 0 aliphatic carbocycles. The van der Waals surface area contributed by atoms with E-state index in [1.54, 1.807) is 33.9 Å². The van der Waals surface area contributed by atoms with Crippen molar-refractivity contribution in [2.24, 2.45) is 13.0 Å². The number of hydrogen-bond acceptors (Lipinski definition) is 8. The number of ether oxygens (including phenoxy) is 2. The van der Waals surface area contributed by atoms with Crippen LogP contribution in [0.4, 0.5) is 10.5 Å². The molecule has 13 heteroatoms. The number of alkyl carbamates (subject to hydrolysis) is 1. The molecule has 41 heavy (non-hydrogen) atoms. The summed E-state index contributed by atoms with van der Waals surface area (Å²) in [4.78, 5) is 50.0. The van der Waals surface area contributed by atoms with E-state index in [-0.39, 0.29) is 18.9 Å². The largest absolute Gasteiger partial charge is 0.464 e. The Balaban J connectivity index is 2.29. The zero-order chi connectivity index (χ0) is 30.7. The summed E-state index contributed by atoms with van der Waals surface area (Å²) < 4.78 is 12.4. The number of nitrogens with zero attached hydrogens (tertiary/aromatic N) is 4. The molecular weight excluding hydrogens is 571 g/mol. The number of halogens is 2. The molecule has 0 radical (unpaired) electrons. The Morgan fingerprint density at radius 1 is 1.10 bits per heavy atom. The van der Waals surface area contributed by atoms with Gasteiger partial charge < -0.3 is 29.6 Å². The highest BCUT2D eigenvalue weighted by atomic mass is 35.5. The monoisotopic (exact) mass is 614 g/mol. The molecule has 0 fully saturated rings. The number of amides is 2. The summed E-state index contributed by atoms with van der Waals surface area (Å²) in [5.41, 5.74) is 1.48. The van der Waals surface area contributed by atoms with Gasteiger partial charge in [-0.25, -0.2) is 19.6 Å². The lowest BCUT2D eigenvalue weighted by molar-refractivity contribution is -0.148. The van der Waals surface area contributed by atoms with E-state index in [4.69, 9.17) is 37.7 Å². The minimum absolute atomic E-state index is 0.129.